The van der Waals surface area contributed by atoms with Crippen LogP contribution in [0.4, 0.5) is 0 Å². The topological polar surface area (TPSA) is 54.1 Å². The third kappa shape index (κ3) is 3.12. The fourth-order valence-electron chi connectivity index (χ4n) is 3.20. The Morgan fingerprint density at radius 1 is 1.12 bits per heavy atom. The summed E-state index contributed by atoms with van der Waals surface area (Å²) in [6, 6.07) is 6.35. The average Bonchev–Trinajstić information content (AvgIpc) is 3.30. The molecule has 1 atom stereocenters. The molecule has 0 N–H and O–H groups in total. The molecular weight excluding hydrogens is 316 g/mol. The molecule has 0 amide bonds. The van der Waals surface area contributed by atoms with E-state index in [1.807, 2.05) is 47.7 Å². The van der Waals surface area contributed by atoms with Crippen molar-refractivity contribution in [3.05, 3.63) is 48.5 Å². The van der Waals surface area contributed by atoms with Crippen LogP contribution in [0.2, 0.25) is 0 Å². The number of fused-ring (bicyclic) bond motifs is 1. The van der Waals surface area contributed by atoms with E-state index in [1.54, 1.807) is 0 Å². The average molecular weight is 338 g/mol. The van der Waals surface area contributed by atoms with Gasteiger partial charge in [-0.05, 0) is 44.0 Å². The summed E-state index contributed by atoms with van der Waals surface area (Å²) in [7, 11) is 0. The van der Waals surface area contributed by atoms with E-state index in [9.17, 15) is 0 Å². The second-order valence-corrected chi connectivity index (χ2v) is 6.38. The fraction of sp³-hybridized carbons (Fsp3) is 0.368. The molecule has 6 nitrogen and oxygen atoms in total. The molecule has 1 aliphatic heterocycles. The lowest BCUT2D eigenvalue weighted by Crippen LogP contribution is -2.16. The van der Waals surface area contributed by atoms with E-state index >= 15 is 0 Å². The molecule has 6 heteroatoms. The third-order valence-corrected chi connectivity index (χ3v) is 4.61. The maximum Gasteiger partial charge on any atom is 0.162 e. The van der Waals surface area contributed by atoms with Gasteiger partial charge in [-0.15, -0.1) is 0 Å². The summed E-state index contributed by atoms with van der Waals surface area (Å²) < 4.78 is 15.6. The maximum absolute atomic E-state index is 5.74. The van der Waals surface area contributed by atoms with Gasteiger partial charge >= 0.3 is 0 Å². The van der Waals surface area contributed by atoms with Gasteiger partial charge < -0.3 is 14.0 Å². The smallest absolute Gasteiger partial charge is 0.162 e. The number of nitrogens with zero attached hydrogens (tertiary/aromatic N) is 4. The molecule has 0 aliphatic carbocycles. The van der Waals surface area contributed by atoms with Crippen LogP contribution < -0.4 is 9.47 Å². The normalized spacial score (nSPS) is 14.5. The molecule has 3 heterocycles. The second kappa shape index (κ2) is 6.63. The number of hydrogen-bond donors (Lipinski definition) is 0. The summed E-state index contributed by atoms with van der Waals surface area (Å²) in [5, 5.41) is 4.27. The number of imidazole rings is 1. The number of hydrogen-bond acceptors (Lipinski definition) is 4. The van der Waals surface area contributed by atoms with Crippen molar-refractivity contribution < 1.29 is 9.47 Å². The van der Waals surface area contributed by atoms with Crippen molar-refractivity contribution in [1.82, 2.24) is 19.3 Å². The van der Waals surface area contributed by atoms with E-state index < -0.39 is 0 Å². The number of ether oxygens (including phenoxy) is 2. The Morgan fingerprint density at radius 2 is 1.92 bits per heavy atom. The van der Waals surface area contributed by atoms with Gasteiger partial charge in [-0.2, -0.15) is 5.10 Å². The van der Waals surface area contributed by atoms with Crippen molar-refractivity contribution >= 4 is 0 Å². The van der Waals surface area contributed by atoms with Crippen molar-refractivity contribution in [2.75, 3.05) is 13.2 Å². The molecule has 0 spiro atoms. The van der Waals surface area contributed by atoms with Gasteiger partial charge in [-0.1, -0.05) is 0 Å². The zero-order valence-corrected chi connectivity index (χ0v) is 14.6. The van der Waals surface area contributed by atoms with Crippen molar-refractivity contribution in [2.45, 2.75) is 32.9 Å². The van der Waals surface area contributed by atoms with E-state index in [1.165, 1.54) is 0 Å². The van der Waals surface area contributed by atoms with Crippen LogP contribution in [0.3, 0.4) is 0 Å². The Hall–Kier alpha value is -2.76. The van der Waals surface area contributed by atoms with Gasteiger partial charge in [-0.25, -0.2) is 4.98 Å². The standard InChI is InChI=1S/C19H22N4O2/c1-14-12-17-18(25-11-10-24-17)13-16(14)19-20-6-9-23(19)15(2)4-8-22-7-3-5-21-22/h3,5-7,9,12-13,15H,4,8,10-11H2,1-2H3. The van der Waals surface area contributed by atoms with E-state index in [2.05, 4.69) is 28.5 Å². The maximum atomic E-state index is 5.74. The molecule has 1 unspecified atom stereocenters. The SMILES string of the molecule is Cc1cc2c(cc1-c1nccn1C(C)CCn1cccn1)OCCO2. The highest BCUT2D eigenvalue weighted by Crippen LogP contribution is 2.37. The number of rotatable bonds is 5. The van der Waals surface area contributed by atoms with E-state index in [0.717, 1.165) is 41.4 Å². The van der Waals surface area contributed by atoms with Crippen LogP contribution in [-0.4, -0.2) is 32.5 Å². The summed E-state index contributed by atoms with van der Waals surface area (Å²) in [6.45, 7) is 6.37. The highest BCUT2D eigenvalue weighted by molar-refractivity contribution is 5.66. The minimum absolute atomic E-state index is 0.314. The van der Waals surface area contributed by atoms with Crippen LogP contribution >= 0.6 is 0 Å². The van der Waals surface area contributed by atoms with Crippen molar-refractivity contribution in [1.29, 1.82) is 0 Å². The molecule has 2 aromatic heterocycles. The van der Waals surface area contributed by atoms with Gasteiger partial charge in [0.25, 0.3) is 0 Å². The molecule has 130 valence electrons. The molecular formula is C19H22N4O2. The summed E-state index contributed by atoms with van der Waals surface area (Å²) >= 11 is 0. The summed E-state index contributed by atoms with van der Waals surface area (Å²) in [6.07, 6.45) is 8.68. The minimum atomic E-state index is 0.314. The van der Waals surface area contributed by atoms with E-state index in [4.69, 9.17) is 9.47 Å². The predicted octanol–water partition coefficient (Wildman–Crippen LogP) is 3.48. The first-order chi connectivity index (χ1) is 12.2. The predicted molar refractivity (Wildman–Crippen MR) is 94.9 cm³/mol. The minimum Gasteiger partial charge on any atom is -0.486 e. The first kappa shape index (κ1) is 15.7. The fourth-order valence-corrected chi connectivity index (χ4v) is 3.20. The Morgan fingerprint density at radius 3 is 2.68 bits per heavy atom. The number of aromatic nitrogens is 4. The van der Waals surface area contributed by atoms with Gasteiger partial charge in [0.15, 0.2) is 11.5 Å². The zero-order valence-electron chi connectivity index (χ0n) is 14.6. The van der Waals surface area contributed by atoms with Gasteiger partial charge in [-0.3, -0.25) is 4.68 Å². The molecule has 0 bridgehead atoms. The highest BCUT2D eigenvalue weighted by Gasteiger charge is 2.19. The molecule has 25 heavy (non-hydrogen) atoms. The van der Waals surface area contributed by atoms with Crippen molar-refractivity contribution in [3.63, 3.8) is 0 Å². The van der Waals surface area contributed by atoms with Crippen LogP contribution in [-0.2, 0) is 6.54 Å². The lowest BCUT2D eigenvalue weighted by Gasteiger charge is -2.21. The molecule has 0 radical (unpaired) electrons. The highest BCUT2D eigenvalue weighted by atomic mass is 16.6. The Bertz CT molecular complexity index is 854. The molecule has 1 aliphatic rings. The first-order valence-electron chi connectivity index (χ1n) is 8.63. The largest absolute Gasteiger partial charge is 0.486 e. The van der Waals surface area contributed by atoms with Crippen molar-refractivity contribution in [2.24, 2.45) is 0 Å². The number of benzene rings is 1. The number of aryl methyl sites for hydroxylation is 2. The Balaban J connectivity index is 1.60. The second-order valence-electron chi connectivity index (χ2n) is 6.38. The monoisotopic (exact) mass is 338 g/mol. The molecule has 0 saturated heterocycles. The molecule has 0 saturated carbocycles. The van der Waals surface area contributed by atoms with E-state index in [0.29, 0.717) is 19.3 Å². The van der Waals surface area contributed by atoms with Crippen LogP contribution in [0.1, 0.15) is 24.9 Å². The van der Waals surface area contributed by atoms with E-state index in [-0.39, 0.29) is 0 Å². The van der Waals surface area contributed by atoms with Gasteiger partial charge in [0.1, 0.15) is 19.0 Å². The van der Waals surface area contributed by atoms with Crippen LogP contribution in [0, 0.1) is 6.92 Å². The quantitative estimate of drug-likeness (QED) is 0.715. The molecule has 3 aromatic rings. The van der Waals surface area contributed by atoms with Gasteiger partial charge in [0.2, 0.25) is 0 Å². The first-order valence-corrected chi connectivity index (χ1v) is 8.63. The van der Waals surface area contributed by atoms with Crippen LogP contribution in [0.15, 0.2) is 43.0 Å². The molecule has 4 rings (SSSR count). The lowest BCUT2D eigenvalue weighted by molar-refractivity contribution is 0.171. The lowest BCUT2D eigenvalue weighted by atomic mass is 10.1. The summed E-state index contributed by atoms with van der Waals surface area (Å²) in [5.41, 5.74) is 2.22. The Labute approximate surface area is 147 Å². The van der Waals surface area contributed by atoms with Gasteiger partial charge in [0, 0.05) is 42.9 Å². The van der Waals surface area contributed by atoms with Gasteiger partial charge in [0.05, 0.1) is 0 Å². The van der Waals surface area contributed by atoms with Crippen molar-refractivity contribution in [3.8, 4) is 22.9 Å². The van der Waals surface area contributed by atoms with Crippen LogP contribution in [0.25, 0.3) is 11.4 Å². The van der Waals surface area contributed by atoms with Crippen LogP contribution in [0.5, 0.6) is 11.5 Å². The Kier molecular flexibility index (Phi) is 4.17. The summed E-state index contributed by atoms with van der Waals surface area (Å²) in [5.74, 6) is 2.57. The summed E-state index contributed by atoms with van der Waals surface area (Å²) in [4.78, 5) is 4.61. The molecule has 1 aromatic carbocycles. The third-order valence-electron chi connectivity index (χ3n) is 4.61. The molecule has 0 fully saturated rings. The zero-order chi connectivity index (χ0) is 17.2.